The van der Waals surface area contributed by atoms with Gasteiger partial charge in [-0.25, -0.2) is 0 Å². The third kappa shape index (κ3) is 4.00. The number of hydrogen-bond acceptors (Lipinski definition) is 4. The van der Waals surface area contributed by atoms with Crippen LogP contribution in [0.15, 0.2) is 71.1 Å². The number of ether oxygens (including phenoxy) is 1. The second-order valence-corrected chi connectivity index (χ2v) is 7.03. The molecule has 0 atom stereocenters. The molecule has 4 heteroatoms. The van der Waals surface area contributed by atoms with Crippen LogP contribution in [0.3, 0.4) is 0 Å². The largest absolute Gasteiger partial charge is 0.494 e. The summed E-state index contributed by atoms with van der Waals surface area (Å²) in [5.74, 6) is 2.52. The molecule has 1 heterocycles. The third-order valence-corrected chi connectivity index (χ3v) is 4.49. The maximum atomic E-state index is 5.89. The highest BCUT2D eigenvalue weighted by Gasteiger charge is 2.11. The van der Waals surface area contributed by atoms with Gasteiger partial charge in [-0.05, 0) is 59.5 Å². The first-order chi connectivity index (χ1) is 13.2. The van der Waals surface area contributed by atoms with E-state index in [4.69, 9.17) is 9.15 Å². The van der Waals surface area contributed by atoms with Crippen molar-refractivity contribution in [1.82, 2.24) is 10.2 Å². The van der Waals surface area contributed by atoms with Crippen LogP contribution in [0.1, 0.15) is 20.3 Å². The standard InChI is InChI=1S/C23H22N2O2/c1-16(2)13-14-26-21-11-9-18(10-12-21)22-24-25-23(27-22)20-8-7-17-5-3-4-6-19(17)15-20/h3-12,15-16H,13-14H2,1-2H3. The first kappa shape index (κ1) is 17.3. The highest BCUT2D eigenvalue weighted by Crippen LogP contribution is 2.27. The van der Waals surface area contributed by atoms with E-state index in [1.165, 1.54) is 5.39 Å². The molecule has 0 amide bonds. The second kappa shape index (κ2) is 7.62. The Kier molecular flexibility index (Phi) is 4.88. The van der Waals surface area contributed by atoms with Gasteiger partial charge in [-0.1, -0.05) is 44.2 Å². The van der Waals surface area contributed by atoms with E-state index in [9.17, 15) is 0 Å². The second-order valence-electron chi connectivity index (χ2n) is 7.03. The van der Waals surface area contributed by atoms with Gasteiger partial charge in [0.15, 0.2) is 0 Å². The molecule has 0 bridgehead atoms. The summed E-state index contributed by atoms with van der Waals surface area (Å²) in [4.78, 5) is 0. The van der Waals surface area contributed by atoms with E-state index in [-0.39, 0.29) is 0 Å². The molecule has 0 unspecified atom stereocenters. The summed E-state index contributed by atoms with van der Waals surface area (Å²) in [5, 5.41) is 10.8. The maximum Gasteiger partial charge on any atom is 0.248 e. The van der Waals surface area contributed by atoms with E-state index in [0.717, 1.165) is 35.3 Å². The van der Waals surface area contributed by atoms with Gasteiger partial charge >= 0.3 is 0 Å². The van der Waals surface area contributed by atoms with E-state index in [1.54, 1.807) is 0 Å². The normalized spacial score (nSPS) is 11.2. The molecule has 0 spiro atoms. The Morgan fingerprint density at radius 2 is 1.48 bits per heavy atom. The molecule has 0 saturated carbocycles. The topological polar surface area (TPSA) is 48.2 Å². The molecule has 27 heavy (non-hydrogen) atoms. The molecular formula is C23H22N2O2. The SMILES string of the molecule is CC(C)CCOc1ccc(-c2nnc(-c3ccc4ccccc4c3)o2)cc1. The van der Waals surface area contributed by atoms with Crippen molar-refractivity contribution in [3.05, 3.63) is 66.7 Å². The molecule has 0 saturated heterocycles. The highest BCUT2D eigenvalue weighted by atomic mass is 16.5. The average Bonchev–Trinajstić information content (AvgIpc) is 3.18. The zero-order valence-electron chi connectivity index (χ0n) is 15.6. The van der Waals surface area contributed by atoms with Crippen LogP contribution < -0.4 is 4.74 Å². The Morgan fingerprint density at radius 1 is 0.815 bits per heavy atom. The van der Waals surface area contributed by atoms with Crippen molar-refractivity contribution in [2.24, 2.45) is 5.92 Å². The predicted octanol–water partition coefficient (Wildman–Crippen LogP) is 5.98. The summed E-state index contributed by atoms with van der Waals surface area (Å²) >= 11 is 0. The molecule has 4 nitrogen and oxygen atoms in total. The predicted molar refractivity (Wildman–Crippen MR) is 108 cm³/mol. The summed E-state index contributed by atoms with van der Waals surface area (Å²) in [5.41, 5.74) is 1.80. The molecule has 0 aliphatic carbocycles. The van der Waals surface area contributed by atoms with Gasteiger partial charge in [-0.3, -0.25) is 0 Å². The minimum atomic E-state index is 0.506. The van der Waals surface area contributed by atoms with E-state index in [0.29, 0.717) is 17.7 Å². The lowest BCUT2D eigenvalue weighted by molar-refractivity contribution is 0.289. The summed E-state index contributed by atoms with van der Waals surface area (Å²) in [6.45, 7) is 5.11. The van der Waals surface area contributed by atoms with E-state index in [1.807, 2.05) is 42.5 Å². The zero-order valence-corrected chi connectivity index (χ0v) is 15.6. The van der Waals surface area contributed by atoms with Crippen LogP contribution in [0.4, 0.5) is 0 Å². The van der Waals surface area contributed by atoms with Crippen molar-refractivity contribution in [2.45, 2.75) is 20.3 Å². The molecule has 0 radical (unpaired) electrons. The minimum Gasteiger partial charge on any atom is -0.494 e. The maximum absolute atomic E-state index is 5.89. The highest BCUT2D eigenvalue weighted by molar-refractivity contribution is 5.86. The van der Waals surface area contributed by atoms with Crippen molar-refractivity contribution in [3.63, 3.8) is 0 Å². The lowest BCUT2D eigenvalue weighted by Crippen LogP contribution is -2.01. The Balaban J connectivity index is 1.51. The smallest absolute Gasteiger partial charge is 0.248 e. The van der Waals surface area contributed by atoms with Crippen LogP contribution in [-0.4, -0.2) is 16.8 Å². The van der Waals surface area contributed by atoms with Gasteiger partial charge in [-0.15, -0.1) is 10.2 Å². The van der Waals surface area contributed by atoms with Crippen molar-refractivity contribution in [3.8, 4) is 28.7 Å². The Bertz CT molecular complexity index is 1040. The van der Waals surface area contributed by atoms with Crippen molar-refractivity contribution in [2.75, 3.05) is 6.61 Å². The number of hydrogen-bond donors (Lipinski definition) is 0. The van der Waals surface area contributed by atoms with Gasteiger partial charge in [0.25, 0.3) is 0 Å². The third-order valence-electron chi connectivity index (χ3n) is 4.49. The lowest BCUT2D eigenvalue weighted by Gasteiger charge is -2.08. The number of aromatic nitrogens is 2. The average molecular weight is 358 g/mol. The Labute approximate surface area is 158 Å². The molecule has 4 rings (SSSR count). The van der Waals surface area contributed by atoms with Crippen molar-refractivity contribution >= 4 is 10.8 Å². The van der Waals surface area contributed by atoms with Crippen molar-refractivity contribution < 1.29 is 9.15 Å². The van der Waals surface area contributed by atoms with Crippen LogP contribution in [0.25, 0.3) is 33.7 Å². The molecule has 4 aromatic rings. The molecule has 136 valence electrons. The van der Waals surface area contributed by atoms with Crippen LogP contribution in [0.5, 0.6) is 5.75 Å². The number of nitrogens with zero attached hydrogens (tertiary/aromatic N) is 2. The van der Waals surface area contributed by atoms with Crippen LogP contribution in [0.2, 0.25) is 0 Å². The van der Waals surface area contributed by atoms with Crippen LogP contribution in [0, 0.1) is 5.92 Å². The molecule has 0 aliphatic heterocycles. The monoisotopic (exact) mass is 358 g/mol. The van der Waals surface area contributed by atoms with E-state index >= 15 is 0 Å². The van der Waals surface area contributed by atoms with Gasteiger partial charge in [0.2, 0.25) is 11.8 Å². The summed E-state index contributed by atoms with van der Waals surface area (Å²) < 4.78 is 11.7. The molecule has 0 fully saturated rings. The fourth-order valence-corrected chi connectivity index (χ4v) is 2.89. The first-order valence-corrected chi connectivity index (χ1v) is 9.25. The van der Waals surface area contributed by atoms with Gasteiger partial charge in [0.05, 0.1) is 6.61 Å². The number of benzene rings is 3. The fourth-order valence-electron chi connectivity index (χ4n) is 2.89. The van der Waals surface area contributed by atoms with Crippen LogP contribution in [-0.2, 0) is 0 Å². The van der Waals surface area contributed by atoms with Crippen molar-refractivity contribution in [1.29, 1.82) is 0 Å². The Morgan fingerprint density at radius 3 is 2.22 bits per heavy atom. The minimum absolute atomic E-state index is 0.506. The van der Waals surface area contributed by atoms with Crippen LogP contribution >= 0.6 is 0 Å². The number of fused-ring (bicyclic) bond motifs is 1. The van der Waals surface area contributed by atoms with Gasteiger partial charge in [-0.2, -0.15) is 0 Å². The van der Waals surface area contributed by atoms with Gasteiger partial charge < -0.3 is 9.15 Å². The zero-order chi connectivity index (χ0) is 18.6. The van der Waals surface area contributed by atoms with Gasteiger partial charge in [0, 0.05) is 11.1 Å². The summed E-state index contributed by atoms with van der Waals surface area (Å²) in [6, 6.07) is 22.1. The Hall–Kier alpha value is -3.14. The lowest BCUT2D eigenvalue weighted by atomic mass is 10.1. The van der Waals surface area contributed by atoms with Gasteiger partial charge in [0.1, 0.15) is 5.75 Å². The quantitative estimate of drug-likeness (QED) is 0.425. The molecule has 0 N–H and O–H groups in total. The van der Waals surface area contributed by atoms with E-state index in [2.05, 4.69) is 48.3 Å². The fraction of sp³-hybridized carbons (Fsp3) is 0.217. The summed E-state index contributed by atoms with van der Waals surface area (Å²) in [7, 11) is 0. The molecule has 3 aromatic carbocycles. The molecular weight excluding hydrogens is 336 g/mol. The molecule has 0 aliphatic rings. The van der Waals surface area contributed by atoms with E-state index < -0.39 is 0 Å². The molecule has 1 aromatic heterocycles. The first-order valence-electron chi connectivity index (χ1n) is 9.25. The number of rotatable bonds is 6. The summed E-state index contributed by atoms with van der Waals surface area (Å²) in [6.07, 6.45) is 1.04.